The van der Waals surface area contributed by atoms with Crippen molar-refractivity contribution in [3.63, 3.8) is 0 Å². The third-order valence-electron chi connectivity index (χ3n) is 4.72. The summed E-state index contributed by atoms with van der Waals surface area (Å²) in [5.74, 6) is -2.50. The third kappa shape index (κ3) is 4.09. The standard InChI is InChI=1S/C20H20F2N4O3S/c1-4-25(5-2)15(27)9-26-10-23-19-16(20(26)29)11(3)17(30-19)18(28)24-14-7-6-12(21)8-13(14)22/h6-8,10H,4-5,9H2,1-3H3,(H,24,28). The molecule has 2 aromatic heterocycles. The van der Waals surface area contributed by atoms with Gasteiger partial charge < -0.3 is 10.2 Å². The lowest BCUT2D eigenvalue weighted by atomic mass is 10.2. The molecular formula is C20H20F2N4O3S. The first-order chi connectivity index (χ1) is 14.3. The quantitative estimate of drug-likeness (QED) is 0.646. The number of fused-ring (bicyclic) bond motifs is 1. The van der Waals surface area contributed by atoms with E-state index in [0.717, 1.165) is 23.5 Å². The molecule has 0 unspecified atom stereocenters. The van der Waals surface area contributed by atoms with Crippen molar-refractivity contribution < 1.29 is 18.4 Å². The lowest BCUT2D eigenvalue weighted by Gasteiger charge is -2.18. The van der Waals surface area contributed by atoms with Crippen molar-refractivity contribution in [2.45, 2.75) is 27.3 Å². The van der Waals surface area contributed by atoms with E-state index < -0.39 is 23.1 Å². The molecule has 0 saturated carbocycles. The monoisotopic (exact) mass is 434 g/mol. The number of hydrogen-bond acceptors (Lipinski definition) is 5. The second-order valence-corrected chi connectivity index (χ2v) is 7.56. The zero-order valence-corrected chi connectivity index (χ0v) is 17.5. The minimum absolute atomic E-state index is 0.152. The molecule has 7 nitrogen and oxygen atoms in total. The number of carbonyl (C=O) groups is 2. The van der Waals surface area contributed by atoms with Gasteiger partial charge in [0.1, 0.15) is 23.0 Å². The van der Waals surface area contributed by atoms with Gasteiger partial charge in [0.05, 0.1) is 22.3 Å². The summed E-state index contributed by atoms with van der Waals surface area (Å²) in [5.41, 5.74) is -0.216. The molecule has 1 aromatic carbocycles. The Morgan fingerprint density at radius 2 is 1.93 bits per heavy atom. The number of rotatable bonds is 6. The number of aromatic nitrogens is 2. The van der Waals surface area contributed by atoms with Crippen molar-refractivity contribution in [1.29, 1.82) is 0 Å². The second-order valence-electron chi connectivity index (χ2n) is 6.56. The number of thiophene rings is 1. The summed E-state index contributed by atoms with van der Waals surface area (Å²) in [6, 6.07) is 2.82. The second kappa shape index (κ2) is 8.70. The Balaban J connectivity index is 1.94. The molecule has 3 rings (SSSR count). The van der Waals surface area contributed by atoms with Crippen LogP contribution in [0.15, 0.2) is 29.3 Å². The Kier molecular flexibility index (Phi) is 6.25. The number of benzene rings is 1. The van der Waals surface area contributed by atoms with Crippen LogP contribution >= 0.6 is 11.3 Å². The van der Waals surface area contributed by atoms with E-state index in [9.17, 15) is 23.2 Å². The van der Waals surface area contributed by atoms with Crippen molar-refractivity contribution in [3.05, 3.63) is 57.0 Å². The molecule has 0 spiro atoms. The van der Waals surface area contributed by atoms with Gasteiger partial charge in [0.15, 0.2) is 0 Å². The number of halogens is 2. The highest BCUT2D eigenvalue weighted by atomic mass is 32.1. The van der Waals surface area contributed by atoms with Crippen LogP contribution in [0.1, 0.15) is 29.1 Å². The number of nitrogens with zero attached hydrogens (tertiary/aromatic N) is 3. The molecule has 30 heavy (non-hydrogen) atoms. The van der Waals surface area contributed by atoms with E-state index in [4.69, 9.17) is 0 Å². The van der Waals surface area contributed by atoms with Gasteiger partial charge in [0.2, 0.25) is 5.91 Å². The summed E-state index contributed by atoms with van der Waals surface area (Å²) >= 11 is 0.989. The first-order valence-electron chi connectivity index (χ1n) is 9.29. The highest BCUT2D eigenvalue weighted by Crippen LogP contribution is 2.28. The van der Waals surface area contributed by atoms with E-state index in [2.05, 4.69) is 10.3 Å². The van der Waals surface area contributed by atoms with Gasteiger partial charge in [-0.3, -0.25) is 19.0 Å². The van der Waals surface area contributed by atoms with Crippen molar-refractivity contribution in [1.82, 2.24) is 14.5 Å². The first kappa shape index (κ1) is 21.6. The molecule has 0 saturated heterocycles. The molecule has 0 atom stereocenters. The van der Waals surface area contributed by atoms with E-state index in [1.807, 2.05) is 13.8 Å². The molecule has 10 heteroatoms. The van der Waals surface area contributed by atoms with Crippen LogP contribution in [-0.4, -0.2) is 39.4 Å². The maximum atomic E-state index is 13.8. The highest BCUT2D eigenvalue weighted by Gasteiger charge is 2.21. The number of amides is 2. The summed E-state index contributed by atoms with van der Waals surface area (Å²) in [7, 11) is 0. The predicted octanol–water partition coefficient (Wildman–Crippen LogP) is 3.17. The van der Waals surface area contributed by atoms with Gasteiger partial charge in [-0.05, 0) is 38.5 Å². The molecule has 0 aliphatic carbocycles. The number of nitrogens with one attached hydrogen (secondary N) is 1. The molecule has 0 aliphatic heterocycles. The molecule has 0 fully saturated rings. The Labute approximate surface area is 175 Å². The van der Waals surface area contributed by atoms with Gasteiger partial charge in [-0.1, -0.05) is 0 Å². The number of likely N-dealkylation sites (N-methyl/N-ethyl adjacent to an activating group) is 1. The first-order valence-corrected chi connectivity index (χ1v) is 10.1. The fraction of sp³-hybridized carbons (Fsp3) is 0.300. The van der Waals surface area contributed by atoms with Gasteiger partial charge >= 0.3 is 0 Å². The van der Waals surface area contributed by atoms with Gasteiger partial charge in [-0.2, -0.15) is 0 Å². The van der Waals surface area contributed by atoms with Crippen molar-refractivity contribution >= 4 is 39.1 Å². The Morgan fingerprint density at radius 1 is 1.23 bits per heavy atom. The Bertz CT molecular complexity index is 1180. The van der Waals surface area contributed by atoms with Crippen LogP contribution in [0.25, 0.3) is 10.2 Å². The van der Waals surface area contributed by atoms with Crippen LogP contribution in [0.3, 0.4) is 0 Å². The molecule has 3 aromatic rings. The minimum atomic E-state index is -0.905. The fourth-order valence-corrected chi connectivity index (χ4v) is 4.11. The number of aryl methyl sites for hydroxylation is 1. The number of carbonyl (C=O) groups excluding carboxylic acids is 2. The summed E-state index contributed by atoms with van der Waals surface area (Å²) in [6.45, 7) is 6.20. The van der Waals surface area contributed by atoms with Crippen LogP contribution in [0.2, 0.25) is 0 Å². The summed E-state index contributed by atoms with van der Waals surface area (Å²) < 4.78 is 28.1. The van der Waals surface area contributed by atoms with Crippen molar-refractivity contribution in [2.75, 3.05) is 18.4 Å². The summed E-state index contributed by atoms with van der Waals surface area (Å²) in [6.07, 6.45) is 1.28. The van der Waals surface area contributed by atoms with Crippen LogP contribution in [-0.2, 0) is 11.3 Å². The van der Waals surface area contributed by atoms with Crippen molar-refractivity contribution in [2.24, 2.45) is 0 Å². The van der Waals surface area contributed by atoms with Crippen molar-refractivity contribution in [3.8, 4) is 0 Å². The van der Waals surface area contributed by atoms with Crippen LogP contribution in [0, 0.1) is 18.6 Å². The molecule has 0 bridgehead atoms. The van der Waals surface area contributed by atoms with Crippen LogP contribution in [0.5, 0.6) is 0 Å². The molecular weight excluding hydrogens is 414 g/mol. The van der Waals surface area contributed by atoms with Gasteiger partial charge in [0, 0.05) is 19.2 Å². The summed E-state index contributed by atoms with van der Waals surface area (Å²) in [4.78, 5) is 44.2. The Morgan fingerprint density at radius 3 is 2.57 bits per heavy atom. The molecule has 2 heterocycles. The van der Waals surface area contributed by atoms with Gasteiger partial charge in [0.25, 0.3) is 11.5 Å². The lowest BCUT2D eigenvalue weighted by molar-refractivity contribution is -0.131. The van der Waals surface area contributed by atoms with Gasteiger partial charge in [-0.25, -0.2) is 13.8 Å². The van der Waals surface area contributed by atoms with Crippen LogP contribution in [0.4, 0.5) is 14.5 Å². The number of anilines is 1. The highest BCUT2D eigenvalue weighted by molar-refractivity contribution is 7.20. The van der Waals surface area contributed by atoms with Crippen LogP contribution < -0.4 is 10.9 Å². The average Bonchev–Trinajstić information content (AvgIpc) is 3.04. The smallest absolute Gasteiger partial charge is 0.266 e. The normalized spacial score (nSPS) is 11.0. The Hall–Kier alpha value is -3.14. The fourth-order valence-electron chi connectivity index (χ4n) is 3.08. The van der Waals surface area contributed by atoms with E-state index in [0.29, 0.717) is 29.5 Å². The van der Waals surface area contributed by atoms with E-state index in [1.54, 1.807) is 11.8 Å². The van der Waals surface area contributed by atoms with Gasteiger partial charge in [-0.15, -0.1) is 11.3 Å². The lowest BCUT2D eigenvalue weighted by Crippen LogP contribution is -2.36. The molecule has 0 aliphatic rings. The maximum Gasteiger partial charge on any atom is 0.266 e. The zero-order valence-electron chi connectivity index (χ0n) is 16.7. The largest absolute Gasteiger partial charge is 0.342 e. The zero-order chi connectivity index (χ0) is 22.0. The molecule has 2 amide bonds. The average molecular weight is 434 g/mol. The summed E-state index contributed by atoms with van der Waals surface area (Å²) in [5, 5.41) is 2.62. The van der Waals surface area contributed by atoms with E-state index in [-0.39, 0.29) is 28.4 Å². The molecule has 1 N–H and O–H groups in total. The third-order valence-corrected chi connectivity index (χ3v) is 5.92. The molecule has 0 radical (unpaired) electrons. The minimum Gasteiger partial charge on any atom is -0.342 e. The van der Waals surface area contributed by atoms with E-state index >= 15 is 0 Å². The predicted molar refractivity (Wildman–Crippen MR) is 111 cm³/mol. The maximum absolute atomic E-state index is 13.8. The SMILES string of the molecule is CCN(CC)C(=O)Cn1cnc2sc(C(=O)Nc3ccc(F)cc3F)c(C)c2c1=O. The van der Waals surface area contributed by atoms with E-state index in [1.165, 1.54) is 10.9 Å². The number of hydrogen-bond donors (Lipinski definition) is 1. The topological polar surface area (TPSA) is 84.3 Å². The molecule has 158 valence electrons.